The molecule has 1 aromatic heterocycles. The zero-order valence-electron chi connectivity index (χ0n) is 9.22. The van der Waals surface area contributed by atoms with Gasteiger partial charge in [-0.1, -0.05) is 24.3 Å². The molecule has 4 heteroatoms. The summed E-state index contributed by atoms with van der Waals surface area (Å²) in [5.41, 5.74) is 7.47. The lowest BCUT2D eigenvalue weighted by molar-refractivity contribution is -0.136. The van der Waals surface area contributed by atoms with Crippen molar-refractivity contribution in [3.05, 3.63) is 47.7 Å². The smallest absolute Gasteiger partial charge is 0.311 e. The maximum absolute atomic E-state index is 10.5. The molecule has 0 aliphatic rings. The van der Waals surface area contributed by atoms with Gasteiger partial charge in [-0.3, -0.25) is 4.79 Å². The second-order valence-corrected chi connectivity index (χ2v) is 3.74. The minimum absolute atomic E-state index is 0.0963. The molecule has 0 radical (unpaired) electrons. The Morgan fingerprint density at radius 3 is 2.47 bits per heavy atom. The number of aliphatic carboxylic acids is 1. The number of rotatable bonds is 4. The number of carboxylic acid groups (broad SMARTS) is 1. The van der Waals surface area contributed by atoms with Crippen LogP contribution in [0.2, 0.25) is 0 Å². The fourth-order valence-electron chi connectivity index (χ4n) is 1.58. The molecule has 3 N–H and O–H groups in total. The van der Waals surface area contributed by atoms with Crippen LogP contribution in [0.5, 0.6) is 0 Å². The summed E-state index contributed by atoms with van der Waals surface area (Å²) in [7, 11) is 0. The van der Waals surface area contributed by atoms with Crippen molar-refractivity contribution in [1.29, 1.82) is 0 Å². The van der Waals surface area contributed by atoms with Gasteiger partial charge in [-0.05, 0) is 17.7 Å². The molecule has 88 valence electrons. The Morgan fingerprint density at radius 1 is 1.18 bits per heavy atom. The molecule has 17 heavy (non-hydrogen) atoms. The SMILES string of the molecule is NCc1ccc(-c2ccc(CC(=O)O)o2)cc1. The highest BCUT2D eigenvalue weighted by atomic mass is 16.4. The normalized spacial score (nSPS) is 10.4. The maximum Gasteiger partial charge on any atom is 0.311 e. The predicted octanol–water partition coefficient (Wildman–Crippen LogP) is 2.03. The van der Waals surface area contributed by atoms with E-state index in [0.29, 0.717) is 18.1 Å². The van der Waals surface area contributed by atoms with E-state index in [1.807, 2.05) is 24.3 Å². The topological polar surface area (TPSA) is 76.5 Å². The van der Waals surface area contributed by atoms with Gasteiger partial charge in [-0.15, -0.1) is 0 Å². The summed E-state index contributed by atoms with van der Waals surface area (Å²) in [6.45, 7) is 0.503. The van der Waals surface area contributed by atoms with Crippen LogP contribution in [0, 0.1) is 0 Å². The molecule has 0 atom stereocenters. The summed E-state index contributed by atoms with van der Waals surface area (Å²) >= 11 is 0. The van der Waals surface area contributed by atoms with Crippen LogP contribution in [0.25, 0.3) is 11.3 Å². The molecule has 1 aromatic carbocycles. The standard InChI is InChI=1S/C13H13NO3/c14-8-9-1-3-10(4-2-9)12-6-5-11(17-12)7-13(15)16/h1-6H,7-8,14H2,(H,15,16). The Hall–Kier alpha value is -2.07. The number of carbonyl (C=O) groups is 1. The summed E-state index contributed by atoms with van der Waals surface area (Å²) in [5, 5.41) is 8.64. The van der Waals surface area contributed by atoms with Crippen LogP contribution in [0.15, 0.2) is 40.8 Å². The minimum atomic E-state index is -0.899. The van der Waals surface area contributed by atoms with Crippen molar-refractivity contribution < 1.29 is 14.3 Å². The van der Waals surface area contributed by atoms with Crippen LogP contribution < -0.4 is 5.73 Å². The van der Waals surface area contributed by atoms with E-state index in [2.05, 4.69) is 0 Å². The van der Waals surface area contributed by atoms with Gasteiger partial charge < -0.3 is 15.3 Å². The van der Waals surface area contributed by atoms with Gasteiger partial charge in [0.2, 0.25) is 0 Å². The lowest BCUT2D eigenvalue weighted by Crippen LogP contribution is -1.97. The lowest BCUT2D eigenvalue weighted by Gasteiger charge is -1.99. The molecule has 0 fully saturated rings. The fraction of sp³-hybridized carbons (Fsp3) is 0.154. The van der Waals surface area contributed by atoms with Gasteiger partial charge in [0, 0.05) is 12.1 Å². The van der Waals surface area contributed by atoms with Crippen molar-refractivity contribution in [2.75, 3.05) is 0 Å². The average Bonchev–Trinajstić information content (AvgIpc) is 2.77. The molecule has 0 spiro atoms. The summed E-state index contributed by atoms with van der Waals surface area (Å²) in [5.74, 6) is 0.226. The summed E-state index contributed by atoms with van der Waals surface area (Å²) < 4.78 is 5.44. The predicted molar refractivity (Wildman–Crippen MR) is 63.4 cm³/mol. The molecule has 0 aliphatic heterocycles. The van der Waals surface area contributed by atoms with Crippen LogP contribution in [0.3, 0.4) is 0 Å². The molecule has 4 nitrogen and oxygen atoms in total. The molecule has 0 saturated heterocycles. The monoisotopic (exact) mass is 231 g/mol. The van der Waals surface area contributed by atoms with E-state index in [9.17, 15) is 4.79 Å². The fourth-order valence-corrected chi connectivity index (χ4v) is 1.58. The Labute approximate surface area is 98.7 Å². The number of hydrogen-bond acceptors (Lipinski definition) is 3. The zero-order chi connectivity index (χ0) is 12.3. The summed E-state index contributed by atoms with van der Waals surface area (Å²) in [4.78, 5) is 10.5. The second kappa shape index (κ2) is 4.84. The van der Waals surface area contributed by atoms with Gasteiger partial charge in [0.05, 0.1) is 0 Å². The number of nitrogens with two attached hydrogens (primary N) is 1. The van der Waals surface area contributed by atoms with Crippen LogP contribution in [-0.4, -0.2) is 11.1 Å². The largest absolute Gasteiger partial charge is 0.481 e. The minimum Gasteiger partial charge on any atom is -0.481 e. The highest BCUT2D eigenvalue weighted by molar-refractivity contribution is 5.69. The Balaban J connectivity index is 2.21. The van der Waals surface area contributed by atoms with Crippen molar-refractivity contribution in [3.63, 3.8) is 0 Å². The van der Waals surface area contributed by atoms with Crippen LogP contribution in [0.4, 0.5) is 0 Å². The van der Waals surface area contributed by atoms with E-state index in [1.165, 1.54) is 0 Å². The average molecular weight is 231 g/mol. The molecule has 2 rings (SSSR count). The quantitative estimate of drug-likeness (QED) is 0.844. The number of benzene rings is 1. The first-order valence-electron chi connectivity index (χ1n) is 5.29. The van der Waals surface area contributed by atoms with Crippen molar-refractivity contribution >= 4 is 5.97 Å². The Morgan fingerprint density at radius 2 is 1.88 bits per heavy atom. The Kier molecular flexibility index (Phi) is 3.25. The van der Waals surface area contributed by atoms with E-state index in [-0.39, 0.29) is 6.42 Å². The van der Waals surface area contributed by atoms with Crippen molar-refractivity contribution in [3.8, 4) is 11.3 Å². The second-order valence-electron chi connectivity index (χ2n) is 3.74. The first kappa shape index (κ1) is 11.4. The third kappa shape index (κ3) is 2.73. The van der Waals surface area contributed by atoms with E-state index in [0.717, 1.165) is 11.1 Å². The van der Waals surface area contributed by atoms with Gasteiger partial charge in [0.15, 0.2) is 0 Å². The maximum atomic E-state index is 10.5. The summed E-state index contributed by atoms with van der Waals surface area (Å²) in [6, 6.07) is 11.1. The highest BCUT2D eigenvalue weighted by Crippen LogP contribution is 2.22. The molecule has 0 unspecified atom stereocenters. The van der Waals surface area contributed by atoms with E-state index in [1.54, 1.807) is 12.1 Å². The first-order valence-corrected chi connectivity index (χ1v) is 5.29. The summed E-state index contributed by atoms with van der Waals surface area (Å²) in [6.07, 6.45) is -0.0963. The molecule has 0 bridgehead atoms. The molecule has 0 amide bonds. The highest BCUT2D eigenvalue weighted by Gasteiger charge is 2.07. The van der Waals surface area contributed by atoms with Crippen LogP contribution in [-0.2, 0) is 17.8 Å². The van der Waals surface area contributed by atoms with Gasteiger partial charge in [0.1, 0.15) is 17.9 Å². The van der Waals surface area contributed by atoms with Gasteiger partial charge >= 0.3 is 5.97 Å². The van der Waals surface area contributed by atoms with Crippen LogP contribution >= 0.6 is 0 Å². The van der Waals surface area contributed by atoms with Crippen molar-refractivity contribution in [2.24, 2.45) is 5.73 Å². The van der Waals surface area contributed by atoms with Gasteiger partial charge in [-0.25, -0.2) is 0 Å². The number of hydrogen-bond donors (Lipinski definition) is 2. The third-order valence-corrected chi connectivity index (χ3v) is 2.46. The molecule has 0 saturated carbocycles. The van der Waals surface area contributed by atoms with Crippen LogP contribution in [0.1, 0.15) is 11.3 Å². The van der Waals surface area contributed by atoms with E-state index < -0.39 is 5.97 Å². The lowest BCUT2D eigenvalue weighted by atomic mass is 10.1. The first-order chi connectivity index (χ1) is 8.19. The molecule has 0 aliphatic carbocycles. The number of furan rings is 1. The zero-order valence-corrected chi connectivity index (χ0v) is 9.22. The van der Waals surface area contributed by atoms with Gasteiger partial charge in [-0.2, -0.15) is 0 Å². The van der Waals surface area contributed by atoms with Crippen molar-refractivity contribution in [2.45, 2.75) is 13.0 Å². The van der Waals surface area contributed by atoms with Crippen molar-refractivity contribution in [1.82, 2.24) is 0 Å². The van der Waals surface area contributed by atoms with E-state index >= 15 is 0 Å². The number of carboxylic acids is 1. The third-order valence-electron chi connectivity index (χ3n) is 2.46. The molecular formula is C13H13NO3. The molecular weight excluding hydrogens is 218 g/mol. The van der Waals surface area contributed by atoms with Gasteiger partial charge in [0.25, 0.3) is 0 Å². The van der Waals surface area contributed by atoms with E-state index in [4.69, 9.17) is 15.3 Å². The molecule has 2 aromatic rings. The Bertz CT molecular complexity index is 514. The molecule has 1 heterocycles.